The second-order valence-electron chi connectivity index (χ2n) is 6.74. The third kappa shape index (κ3) is 2.40. The largest absolute Gasteiger partial charge is 0.300 e. The molecular formula is C15H27NS. The molecule has 2 atom stereocenters. The summed E-state index contributed by atoms with van der Waals surface area (Å²) in [5.41, 5.74) is 0.600. The van der Waals surface area contributed by atoms with E-state index in [2.05, 4.69) is 17.5 Å². The minimum Gasteiger partial charge on any atom is -0.300 e. The van der Waals surface area contributed by atoms with Crippen molar-refractivity contribution in [2.24, 2.45) is 11.3 Å². The molecule has 1 saturated heterocycles. The topological polar surface area (TPSA) is 3.24 Å². The monoisotopic (exact) mass is 253 g/mol. The van der Waals surface area contributed by atoms with E-state index >= 15 is 0 Å². The molecule has 0 radical (unpaired) electrons. The van der Waals surface area contributed by atoms with E-state index in [9.17, 15) is 0 Å². The fourth-order valence-corrected chi connectivity index (χ4v) is 4.81. The molecule has 98 valence electrons. The van der Waals surface area contributed by atoms with Crippen LogP contribution >= 0.6 is 12.6 Å². The number of thiol groups is 1. The Balaban J connectivity index is 1.64. The molecule has 0 aromatic carbocycles. The first-order valence-corrected chi connectivity index (χ1v) is 8.31. The van der Waals surface area contributed by atoms with Gasteiger partial charge < -0.3 is 0 Å². The van der Waals surface area contributed by atoms with Crippen LogP contribution in [0.3, 0.4) is 0 Å². The maximum absolute atomic E-state index is 4.62. The average Bonchev–Trinajstić information content (AvgIpc) is 2.34. The van der Waals surface area contributed by atoms with Gasteiger partial charge in [0.15, 0.2) is 0 Å². The minimum atomic E-state index is 0.600. The molecule has 2 unspecified atom stereocenters. The Morgan fingerprint density at radius 2 is 1.76 bits per heavy atom. The van der Waals surface area contributed by atoms with Gasteiger partial charge in [-0.05, 0) is 62.2 Å². The van der Waals surface area contributed by atoms with Crippen LogP contribution in [-0.2, 0) is 0 Å². The summed E-state index contributed by atoms with van der Waals surface area (Å²) >= 11 is 4.62. The van der Waals surface area contributed by atoms with Crippen molar-refractivity contribution < 1.29 is 0 Å². The number of likely N-dealkylation sites (tertiary alicyclic amines) is 1. The third-order valence-electron chi connectivity index (χ3n) is 5.65. The standard InChI is InChI=1S/C15H27NS/c17-12-15(8-4-9-15)11-16-10-3-6-13-5-1-2-7-14(13)16/h13-14,17H,1-12H2. The van der Waals surface area contributed by atoms with Gasteiger partial charge in [-0.25, -0.2) is 0 Å². The summed E-state index contributed by atoms with van der Waals surface area (Å²) in [5.74, 6) is 2.15. The lowest BCUT2D eigenvalue weighted by Gasteiger charge is -2.51. The van der Waals surface area contributed by atoms with E-state index in [0.29, 0.717) is 5.41 Å². The average molecular weight is 253 g/mol. The second-order valence-corrected chi connectivity index (χ2v) is 7.05. The van der Waals surface area contributed by atoms with Gasteiger partial charge in [-0.1, -0.05) is 19.3 Å². The molecule has 2 heteroatoms. The van der Waals surface area contributed by atoms with Gasteiger partial charge in [0.25, 0.3) is 0 Å². The van der Waals surface area contributed by atoms with Gasteiger partial charge in [-0.15, -0.1) is 0 Å². The van der Waals surface area contributed by atoms with Crippen molar-refractivity contribution in [3.05, 3.63) is 0 Å². The van der Waals surface area contributed by atoms with Crippen molar-refractivity contribution in [1.82, 2.24) is 4.90 Å². The van der Waals surface area contributed by atoms with Crippen molar-refractivity contribution in [2.75, 3.05) is 18.8 Å². The Labute approximate surface area is 112 Å². The highest BCUT2D eigenvalue weighted by Crippen LogP contribution is 2.45. The molecule has 3 rings (SSSR count). The van der Waals surface area contributed by atoms with Crippen molar-refractivity contribution in [3.63, 3.8) is 0 Å². The van der Waals surface area contributed by atoms with Gasteiger partial charge in [-0.2, -0.15) is 12.6 Å². The van der Waals surface area contributed by atoms with Crippen LogP contribution in [0.5, 0.6) is 0 Å². The number of nitrogens with zero attached hydrogens (tertiary/aromatic N) is 1. The molecule has 1 nitrogen and oxygen atoms in total. The van der Waals surface area contributed by atoms with Gasteiger partial charge in [0, 0.05) is 12.6 Å². The van der Waals surface area contributed by atoms with Crippen molar-refractivity contribution in [2.45, 2.75) is 63.8 Å². The maximum Gasteiger partial charge on any atom is 0.0124 e. The molecule has 17 heavy (non-hydrogen) atoms. The molecule has 3 fully saturated rings. The zero-order valence-electron chi connectivity index (χ0n) is 11.0. The van der Waals surface area contributed by atoms with E-state index in [-0.39, 0.29) is 0 Å². The van der Waals surface area contributed by atoms with Crippen LogP contribution in [0.15, 0.2) is 0 Å². The molecule has 0 spiro atoms. The second kappa shape index (κ2) is 5.13. The van der Waals surface area contributed by atoms with Crippen molar-refractivity contribution in [1.29, 1.82) is 0 Å². The Hall–Kier alpha value is 0.310. The summed E-state index contributed by atoms with van der Waals surface area (Å²) in [6.07, 6.45) is 13.2. The lowest BCUT2D eigenvalue weighted by molar-refractivity contribution is 0.00456. The highest BCUT2D eigenvalue weighted by atomic mass is 32.1. The summed E-state index contributed by atoms with van der Waals surface area (Å²) in [6, 6.07) is 0.940. The molecule has 0 aromatic heterocycles. The van der Waals surface area contributed by atoms with Crippen LogP contribution in [0.25, 0.3) is 0 Å². The van der Waals surface area contributed by atoms with E-state index in [1.54, 1.807) is 0 Å². The predicted octanol–water partition coefficient (Wildman–Crippen LogP) is 3.74. The third-order valence-corrected chi connectivity index (χ3v) is 6.32. The summed E-state index contributed by atoms with van der Waals surface area (Å²) in [7, 11) is 0. The molecule has 2 saturated carbocycles. The summed E-state index contributed by atoms with van der Waals surface area (Å²) in [5, 5.41) is 0. The van der Waals surface area contributed by atoms with Crippen LogP contribution in [-0.4, -0.2) is 29.8 Å². The lowest BCUT2D eigenvalue weighted by Crippen LogP contribution is -2.53. The SMILES string of the molecule is SCC1(CN2CCCC3CCCCC32)CCC1. The van der Waals surface area contributed by atoms with E-state index < -0.39 is 0 Å². The fourth-order valence-electron chi connectivity index (χ4n) is 4.40. The van der Waals surface area contributed by atoms with Crippen molar-refractivity contribution in [3.8, 4) is 0 Å². The molecule has 3 aliphatic rings. The van der Waals surface area contributed by atoms with E-state index in [1.165, 1.54) is 70.9 Å². The molecule has 1 aliphatic heterocycles. The molecule has 0 amide bonds. The van der Waals surface area contributed by atoms with E-state index in [1.807, 2.05) is 0 Å². The fraction of sp³-hybridized carbons (Fsp3) is 1.00. The summed E-state index contributed by atoms with van der Waals surface area (Å²) in [4.78, 5) is 2.86. The van der Waals surface area contributed by atoms with E-state index in [0.717, 1.165) is 17.7 Å². The highest BCUT2D eigenvalue weighted by Gasteiger charge is 2.41. The molecular weight excluding hydrogens is 226 g/mol. The van der Waals surface area contributed by atoms with E-state index in [4.69, 9.17) is 0 Å². The Kier molecular flexibility index (Phi) is 3.72. The van der Waals surface area contributed by atoms with Crippen LogP contribution < -0.4 is 0 Å². The van der Waals surface area contributed by atoms with Gasteiger partial charge in [0.2, 0.25) is 0 Å². The normalized spacial score (nSPS) is 37.2. The van der Waals surface area contributed by atoms with Crippen LogP contribution in [0.2, 0.25) is 0 Å². The van der Waals surface area contributed by atoms with Gasteiger partial charge in [-0.3, -0.25) is 4.90 Å². The molecule has 0 aromatic rings. The Morgan fingerprint density at radius 3 is 2.47 bits per heavy atom. The maximum atomic E-state index is 4.62. The lowest BCUT2D eigenvalue weighted by atomic mass is 9.68. The highest BCUT2D eigenvalue weighted by molar-refractivity contribution is 7.80. The van der Waals surface area contributed by atoms with Gasteiger partial charge >= 0.3 is 0 Å². The number of rotatable bonds is 3. The first-order chi connectivity index (χ1) is 8.33. The zero-order valence-corrected chi connectivity index (χ0v) is 11.9. The molecule has 0 N–H and O–H groups in total. The first-order valence-electron chi connectivity index (χ1n) is 7.68. The Bertz CT molecular complexity index is 254. The predicted molar refractivity (Wildman–Crippen MR) is 76.7 cm³/mol. The van der Waals surface area contributed by atoms with Crippen LogP contribution in [0.4, 0.5) is 0 Å². The Morgan fingerprint density at radius 1 is 1.00 bits per heavy atom. The molecule has 0 bridgehead atoms. The number of piperidine rings is 1. The van der Waals surface area contributed by atoms with Gasteiger partial charge in [0.05, 0.1) is 0 Å². The summed E-state index contributed by atoms with van der Waals surface area (Å²) < 4.78 is 0. The molecule has 2 aliphatic carbocycles. The zero-order chi connectivity index (χ0) is 11.7. The van der Waals surface area contributed by atoms with Gasteiger partial charge in [0.1, 0.15) is 0 Å². The smallest absolute Gasteiger partial charge is 0.0124 e. The molecule has 1 heterocycles. The number of fused-ring (bicyclic) bond motifs is 1. The number of hydrogen-bond donors (Lipinski definition) is 1. The summed E-state index contributed by atoms with van der Waals surface area (Å²) in [6.45, 7) is 2.73. The van der Waals surface area contributed by atoms with Crippen LogP contribution in [0.1, 0.15) is 57.8 Å². The quantitative estimate of drug-likeness (QED) is 0.750. The minimum absolute atomic E-state index is 0.600. The van der Waals surface area contributed by atoms with Crippen molar-refractivity contribution >= 4 is 12.6 Å². The first kappa shape index (κ1) is 12.3. The number of hydrogen-bond acceptors (Lipinski definition) is 2. The van der Waals surface area contributed by atoms with Crippen LogP contribution in [0, 0.1) is 11.3 Å².